The number of aromatic nitrogens is 4. The van der Waals surface area contributed by atoms with E-state index >= 15 is 0 Å². The summed E-state index contributed by atoms with van der Waals surface area (Å²) in [5, 5.41) is 13.6. The second kappa shape index (κ2) is 5.69. The Kier molecular flexibility index (Phi) is 3.72. The van der Waals surface area contributed by atoms with E-state index in [-0.39, 0.29) is 5.88 Å². The third-order valence-corrected chi connectivity index (χ3v) is 3.26. The van der Waals surface area contributed by atoms with Crippen LogP contribution in [0.4, 0.5) is 8.78 Å². The fourth-order valence-corrected chi connectivity index (χ4v) is 2.23. The first kappa shape index (κ1) is 14.4. The minimum absolute atomic E-state index is 0.195. The molecule has 0 aliphatic carbocycles. The molecular formula is C14H9ClF2N4O. The zero-order valence-corrected chi connectivity index (χ0v) is 11.7. The summed E-state index contributed by atoms with van der Waals surface area (Å²) < 4.78 is 25.9. The van der Waals surface area contributed by atoms with Crippen molar-refractivity contribution >= 4 is 11.6 Å². The van der Waals surface area contributed by atoms with Gasteiger partial charge in [0.2, 0.25) is 5.88 Å². The fourth-order valence-electron chi connectivity index (χ4n) is 2.06. The Balaban J connectivity index is 2.15. The molecule has 0 saturated heterocycles. The second-order valence-electron chi connectivity index (χ2n) is 4.44. The molecule has 0 atom stereocenters. The molecule has 0 aliphatic heterocycles. The van der Waals surface area contributed by atoms with Crippen molar-refractivity contribution in [2.24, 2.45) is 0 Å². The van der Waals surface area contributed by atoms with Crippen molar-refractivity contribution in [2.75, 3.05) is 0 Å². The van der Waals surface area contributed by atoms with Gasteiger partial charge >= 0.3 is 6.55 Å². The maximum atomic E-state index is 12.7. The van der Waals surface area contributed by atoms with Gasteiger partial charge in [-0.1, -0.05) is 17.7 Å². The molecule has 5 nitrogen and oxygen atoms in total. The molecule has 112 valence electrons. The van der Waals surface area contributed by atoms with E-state index in [2.05, 4.69) is 15.1 Å². The highest BCUT2D eigenvalue weighted by Gasteiger charge is 2.14. The summed E-state index contributed by atoms with van der Waals surface area (Å²) in [4.78, 5) is 7.69. The van der Waals surface area contributed by atoms with Gasteiger partial charge in [0, 0.05) is 28.4 Å². The van der Waals surface area contributed by atoms with Gasteiger partial charge in [-0.2, -0.15) is 13.9 Å². The quantitative estimate of drug-likeness (QED) is 0.797. The summed E-state index contributed by atoms with van der Waals surface area (Å²) in [6, 6.07) is 6.33. The zero-order valence-electron chi connectivity index (χ0n) is 11.0. The number of nitrogens with zero attached hydrogens (tertiary/aromatic N) is 4. The molecule has 8 heteroatoms. The minimum atomic E-state index is -2.72. The monoisotopic (exact) mass is 322 g/mol. The van der Waals surface area contributed by atoms with Crippen LogP contribution in [0.3, 0.4) is 0 Å². The third kappa shape index (κ3) is 2.75. The van der Waals surface area contributed by atoms with Gasteiger partial charge in [-0.25, -0.2) is 14.6 Å². The van der Waals surface area contributed by atoms with Crippen molar-refractivity contribution in [2.45, 2.75) is 6.55 Å². The molecular weight excluding hydrogens is 314 g/mol. The molecule has 22 heavy (non-hydrogen) atoms. The highest BCUT2D eigenvalue weighted by Crippen LogP contribution is 2.34. The summed E-state index contributed by atoms with van der Waals surface area (Å²) in [7, 11) is 0. The average molecular weight is 323 g/mol. The number of aromatic hydroxyl groups is 1. The Hall–Kier alpha value is -2.54. The molecule has 3 aromatic rings. The van der Waals surface area contributed by atoms with Crippen molar-refractivity contribution < 1.29 is 13.9 Å². The van der Waals surface area contributed by atoms with Crippen molar-refractivity contribution in [3.05, 3.63) is 48.0 Å². The van der Waals surface area contributed by atoms with E-state index in [0.29, 0.717) is 32.1 Å². The first-order valence-corrected chi connectivity index (χ1v) is 6.56. The summed E-state index contributed by atoms with van der Waals surface area (Å²) in [5.74, 6) is -0.195. The number of hydrogen-bond acceptors (Lipinski definition) is 4. The van der Waals surface area contributed by atoms with Gasteiger partial charge in [0.1, 0.15) is 6.33 Å². The molecule has 0 amide bonds. The van der Waals surface area contributed by atoms with E-state index < -0.39 is 6.55 Å². The van der Waals surface area contributed by atoms with Crippen molar-refractivity contribution in [1.29, 1.82) is 0 Å². The third-order valence-electron chi connectivity index (χ3n) is 3.02. The molecule has 0 unspecified atom stereocenters. The SMILES string of the molecule is Oc1cc(-c2cc(Cl)ccc2-c2cnn(C(F)F)c2)ncn1. The van der Waals surface area contributed by atoms with E-state index in [1.165, 1.54) is 24.8 Å². The van der Waals surface area contributed by atoms with E-state index in [0.717, 1.165) is 0 Å². The van der Waals surface area contributed by atoms with Crippen LogP contribution in [0.25, 0.3) is 22.4 Å². The second-order valence-corrected chi connectivity index (χ2v) is 4.87. The largest absolute Gasteiger partial charge is 0.493 e. The normalized spacial score (nSPS) is 11.1. The van der Waals surface area contributed by atoms with Crippen LogP contribution in [0.1, 0.15) is 6.55 Å². The van der Waals surface area contributed by atoms with Crippen LogP contribution in [-0.4, -0.2) is 24.9 Å². The first-order chi connectivity index (χ1) is 10.5. The molecule has 0 bridgehead atoms. The molecule has 2 aromatic heterocycles. The molecule has 0 radical (unpaired) electrons. The summed E-state index contributed by atoms with van der Waals surface area (Å²) in [6.07, 6.45) is 3.77. The Morgan fingerprint density at radius 3 is 2.64 bits per heavy atom. The van der Waals surface area contributed by atoms with Crippen LogP contribution in [0.5, 0.6) is 5.88 Å². The van der Waals surface area contributed by atoms with E-state index in [1.54, 1.807) is 18.2 Å². The van der Waals surface area contributed by atoms with Crippen LogP contribution in [0.15, 0.2) is 43.0 Å². The highest BCUT2D eigenvalue weighted by molar-refractivity contribution is 6.31. The maximum absolute atomic E-state index is 12.7. The molecule has 0 spiro atoms. The number of hydrogen-bond donors (Lipinski definition) is 1. The van der Waals surface area contributed by atoms with E-state index in [9.17, 15) is 13.9 Å². The molecule has 1 aromatic carbocycles. The van der Waals surface area contributed by atoms with Gasteiger partial charge < -0.3 is 5.11 Å². The molecule has 0 aliphatic rings. The van der Waals surface area contributed by atoms with E-state index in [4.69, 9.17) is 11.6 Å². The lowest BCUT2D eigenvalue weighted by Gasteiger charge is -2.08. The molecule has 3 rings (SSSR count). The Morgan fingerprint density at radius 1 is 1.14 bits per heavy atom. The van der Waals surface area contributed by atoms with Gasteiger partial charge in [-0.3, -0.25) is 0 Å². The van der Waals surface area contributed by atoms with Crippen LogP contribution < -0.4 is 0 Å². The van der Waals surface area contributed by atoms with Gasteiger partial charge in [-0.15, -0.1) is 0 Å². The fraction of sp³-hybridized carbons (Fsp3) is 0.0714. The van der Waals surface area contributed by atoms with Crippen molar-refractivity contribution in [1.82, 2.24) is 19.7 Å². The lowest BCUT2D eigenvalue weighted by Crippen LogP contribution is -1.96. The molecule has 0 saturated carbocycles. The van der Waals surface area contributed by atoms with Gasteiger partial charge in [0.05, 0.1) is 11.9 Å². The van der Waals surface area contributed by atoms with Crippen LogP contribution in [0, 0.1) is 0 Å². The predicted octanol–water partition coefficient (Wildman–Crippen LogP) is 3.76. The number of rotatable bonds is 3. The van der Waals surface area contributed by atoms with Crippen LogP contribution in [-0.2, 0) is 0 Å². The lowest BCUT2D eigenvalue weighted by atomic mass is 10.00. The van der Waals surface area contributed by atoms with Gasteiger partial charge in [-0.05, 0) is 17.7 Å². The molecule has 0 fully saturated rings. The topological polar surface area (TPSA) is 63.8 Å². The maximum Gasteiger partial charge on any atom is 0.333 e. The standard InChI is InChI=1S/C14H9ClF2N4O/c15-9-1-2-10(8-5-20-21(6-8)14(16)17)11(3-9)12-4-13(22)19-7-18-12/h1-7,14H,(H,18,19,22). The van der Waals surface area contributed by atoms with Crippen LogP contribution in [0.2, 0.25) is 5.02 Å². The molecule has 1 N–H and O–H groups in total. The number of alkyl halides is 2. The van der Waals surface area contributed by atoms with Gasteiger partial charge in [0.15, 0.2) is 0 Å². The Bertz CT molecular complexity index is 822. The first-order valence-electron chi connectivity index (χ1n) is 6.18. The predicted molar refractivity (Wildman–Crippen MR) is 76.6 cm³/mol. The average Bonchev–Trinajstić information content (AvgIpc) is 2.97. The number of benzene rings is 1. The zero-order chi connectivity index (χ0) is 15.7. The minimum Gasteiger partial charge on any atom is -0.493 e. The number of halogens is 3. The van der Waals surface area contributed by atoms with Gasteiger partial charge in [0.25, 0.3) is 0 Å². The van der Waals surface area contributed by atoms with E-state index in [1.807, 2.05) is 0 Å². The molecule has 2 heterocycles. The summed E-state index contributed by atoms with van der Waals surface area (Å²) in [6.45, 7) is -2.72. The van der Waals surface area contributed by atoms with Crippen molar-refractivity contribution in [3.8, 4) is 28.3 Å². The van der Waals surface area contributed by atoms with Crippen molar-refractivity contribution in [3.63, 3.8) is 0 Å². The lowest BCUT2D eigenvalue weighted by molar-refractivity contribution is 0.0566. The smallest absolute Gasteiger partial charge is 0.333 e. The Morgan fingerprint density at radius 2 is 1.95 bits per heavy atom. The highest BCUT2D eigenvalue weighted by atomic mass is 35.5. The summed E-state index contributed by atoms with van der Waals surface area (Å²) >= 11 is 6.00. The Labute approximate surface area is 128 Å². The summed E-state index contributed by atoms with van der Waals surface area (Å²) in [5.41, 5.74) is 2.12. The van der Waals surface area contributed by atoms with Crippen LogP contribution >= 0.6 is 11.6 Å².